The van der Waals surface area contributed by atoms with Crippen LogP contribution in [0.3, 0.4) is 0 Å². The molecule has 2 aromatic rings. The first-order valence-corrected chi connectivity index (χ1v) is 6.86. The van der Waals surface area contributed by atoms with Gasteiger partial charge >= 0.3 is 0 Å². The zero-order valence-corrected chi connectivity index (χ0v) is 11.5. The number of piperazine rings is 1. The van der Waals surface area contributed by atoms with E-state index in [0.29, 0.717) is 0 Å². The molecule has 3 rings (SSSR count). The molecule has 1 aromatic heterocycles. The lowest BCUT2D eigenvalue weighted by Gasteiger charge is -2.34. The molecule has 104 valence electrons. The van der Waals surface area contributed by atoms with E-state index < -0.39 is 0 Å². The average Bonchev–Trinajstić information content (AvgIpc) is 3.01. The summed E-state index contributed by atoms with van der Waals surface area (Å²) < 4.78 is 1.92. The maximum absolute atomic E-state index is 12.5. The molecule has 0 spiro atoms. The topological polar surface area (TPSA) is 50.2 Å². The SMILES string of the molecule is C[C@H]1CNCCN1C(=O)c1ccc(-n2ccnc2)cc1. The second kappa shape index (κ2) is 5.46. The van der Waals surface area contributed by atoms with Crippen molar-refractivity contribution in [2.24, 2.45) is 0 Å². The van der Waals surface area contributed by atoms with Crippen LogP contribution in [0, 0.1) is 0 Å². The Balaban J connectivity index is 1.78. The van der Waals surface area contributed by atoms with Crippen molar-refractivity contribution in [3.05, 3.63) is 48.5 Å². The molecule has 1 atom stereocenters. The summed E-state index contributed by atoms with van der Waals surface area (Å²) >= 11 is 0. The summed E-state index contributed by atoms with van der Waals surface area (Å²) in [5.74, 6) is 0.108. The number of amides is 1. The third-order valence-electron chi connectivity index (χ3n) is 3.68. The predicted octanol–water partition coefficient (Wildman–Crippen LogP) is 1.31. The molecule has 1 N–H and O–H groups in total. The van der Waals surface area contributed by atoms with Gasteiger partial charge in [-0.2, -0.15) is 0 Å². The van der Waals surface area contributed by atoms with E-state index in [2.05, 4.69) is 17.2 Å². The molecule has 0 bridgehead atoms. The van der Waals surface area contributed by atoms with Crippen LogP contribution >= 0.6 is 0 Å². The van der Waals surface area contributed by atoms with E-state index in [4.69, 9.17) is 0 Å². The van der Waals surface area contributed by atoms with Crippen molar-refractivity contribution in [3.8, 4) is 5.69 Å². The lowest BCUT2D eigenvalue weighted by atomic mass is 10.1. The molecule has 2 heterocycles. The van der Waals surface area contributed by atoms with E-state index >= 15 is 0 Å². The largest absolute Gasteiger partial charge is 0.333 e. The van der Waals surface area contributed by atoms with Crippen molar-refractivity contribution < 1.29 is 4.79 Å². The number of hydrogen-bond acceptors (Lipinski definition) is 3. The minimum Gasteiger partial charge on any atom is -0.333 e. The van der Waals surface area contributed by atoms with Gasteiger partial charge in [0.2, 0.25) is 0 Å². The summed E-state index contributed by atoms with van der Waals surface area (Å²) in [7, 11) is 0. The zero-order chi connectivity index (χ0) is 13.9. The molecule has 5 nitrogen and oxygen atoms in total. The Labute approximate surface area is 118 Å². The number of nitrogens with one attached hydrogen (secondary N) is 1. The number of nitrogens with zero attached hydrogens (tertiary/aromatic N) is 3. The summed E-state index contributed by atoms with van der Waals surface area (Å²) in [4.78, 5) is 18.4. The van der Waals surface area contributed by atoms with Gasteiger partial charge in [-0.05, 0) is 31.2 Å². The minimum atomic E-state index is 0.108. The van der Waals surface area contributed by atoms with Gasteiger partial charge in [0.1, 0.15) is 0 Å². The Bertz CT molecular complexity index is 576. The van der Waals surface area contributed by atoms with Crippen molar-refractivity contribution in [2.75, 3.05) is 19.6 Å². The van der Waals surface area contributed by atoms with E-state index in [1.165, 1.54) is 0 Å². The van der Waals surface area contributed by atoms with Crippen molar-refractivity contribution in [1.29, 1.82) is 0 Å². The van der Waals surface area contributed by atoms with E-state index in [1.807, 2.05) is 39.9 Å². The predicted molar refractivity (Wildman–Crippen MR) is 76.9 cm³/mol. The summed E-state index contributed by atoms with van der Waals surface area (Å²) in [5, 5.41) is 3.29. The number of benzene rings is 1. The van der Waals surface area contributed by atoms with Crippen LogP contribution in [-0.4, -0.2) is 46.0 Å². The number of hydrogen-bond donors (Lipinski definition) is 1. The fourth-order valence-corrected chi connectivity index (χ4v) is 2.50. The second-order valence-corrected chi connectivity index (χ2v) is 5.07. The standard InChI is InChI=1S/C15H18N4O/c1-12-10-16-7-9-19(12)15(20)13-2-4-14(5-3-13)18-8-6-17-11-18/h2-6,8,11-12,16H,7,9-10H2,1H3/t12-/m0/s1. The maximum atomic E-state index is 12.5. The molecule has 1 aliphatic heterocycles. The summed E-state index contributed by atoms with van der Waals surface area (Å²) in [6.45, 7) is 4.56. The van der Waals surface area contributed by atoms with Gasteiger partial charge in [0.05, 0.1) is 6.33 Å². The Hall–Kier alpha value is -2.14. The van der Waals surface area contributed by atoms with Gasteiger partial charge in [-0.3, -0.25) is 4.79 Å². The van der Waals surface area contributed by atoms with Crippen LogP contribution < -0.4 is 5.32 Å². The highest BCUT2D eigenvalue weighted by Crippen LogP contribution is 2.13. The molecule has 1 saturated heterocycles. The Kier molecular flexibility index (Phi) is 3.52. The number of rotatable bonds is 2. The molecule has 0 saturated carbocycles. The third-order valence-corrected chi connectivity index (χ3v) is 3.68. The van der Waals surface area contributed by atoms with Crippen LogP contribution in [0.5, 0.6) is 0 Å². The van der Waals surface area contributed by atoms with Crippen LogP contribution in [0.4, 0.5) is 0 Å². The monoisotopic (exact) mass is 270 g/mol. The average molecular weight is 270 g/mol. The van der Waals surface area contributed by atoms with Crippen LogP contribution in [0.15, 0.2) is 43.0 Å². The summed E-state index contributed by atoms with van der Waals surface area (Å²) in [5.41, 5.74) is 1.75. The molecule has 1 aliphatic rings. The Morgan fingerprint density at radius 2 is 2.15 bits per heavy atom. The highest BCUT2D eigenvalue weighted by Gasteiger charge is 2.23. The minimum absolute atomic E-state index is 0.108. The smallest absolute Gasteiger partial charge is 0.254 e. The first-order valence-electron chi connectivity index (χ1n) is 6.86. The van der Waals surface area contributed by atoms with Gasteiger partial charge in [-0.25, -0.2) is 4.98 Å². The van der Waals surface area contributed by atoms with Crippen LogP contribution in [-0.2, 0) is 0 Å². The highest BCUT2D eigenvalue weighted by atomic mass is 16.2. The van der Waals surface area contributed by atoms with E-state index in [-0.39, 0.29) is 11.9 Å². The molecule has 0 radical (unpaired) electrons. The van der Waals surface area contributed by atoms with Gasteiger partial charge in [0.15, 0.2) is 0 Å². The van der Waals surface area contributed by atoms with Crippen molar-refractivity contribution in [1.82, 2.24) is 19.8 Å². The Morgan fingerprint density at radius 3 is 2.80 bits per heavy atom. The second-order valence-electron chi connectivity index (χ2n) is 5.07. The number of imidazole rings is 1. The lowest BCUT2D eigenvalue weighted by Crippen LogP contribution is -2.52. The molecule has 1 aromatic carbocycles. The fourth-order valence-electron chi connectivity index (χ4n) is 2.50. The summed E-state index contributed by atoms with van der Waals surface area (Å²) in [6, 6.07) is 7.90. The normalized spacial score (nSPS) is 19.1. The highest BCUT2D eigenvalue weighted by molar-refractivity contribution is 5.94. The van der Waals surface area contributed by atoms with Crippen molar-refractivity contribution >= 4 is 5.91 Å². The first kappa shape index (κ1) is 12.9. The van der Waals surface area contributed by atoms with Crippen LogP contribution in [0.1, 0.15) is 17.3 Å². The number of carbonyl (C=O) groups is 1. The third kappa shape index (κ3) is 2.44. The van der Waals surface area contributed by atoms with Crippen molar-refractivity contribution in [3.63, 3.8) is 0 Å². The van der Waals surface area contributed by atoms with E-state index in [1.54, 1.807) is 12.5 Å². The van der Waals surface area contributed by atoms with Gasteiger partial charge < -0.3 is 14.8 Å². The first-order chi connectivity index (χ1) is 9.75. The molecule has 1 fully saturated rings. The fraction of sp³-hybridized carbons (Fsp3) is 0.333. The van der Waals surface area contributed by atoms with Crippen LogP contribution in [0.25, 0.3) is 5.69 Å². The summed E-state index contributed by atoms with van der Waals surface area (Å²) in [6.07, 6.45) is 5.37. The molecular weight excluding hydrogens is 252 g/mol. The zero-order valence-electron chi connectivity index (χ0n) is 11.5. The molecule has 5 heteroatoms. The lowest BCUT2D eigenvalue weighted by molar-refractivity contribution is 0.0656. The van der Waals surface area contributed by atoms with Crippen LogP contribution in [0.2, 0.25) is 0 Å². The maximum Gasteiger partial charge on any atom is 0.254 e. The Morgan fingerprint density at radius 1 is 1.35 bits per heavy atom. The van der Waals surface area contributed by atoms with E-state index in [9.17, 15) is 4.79 Å². The molecular formula is C15H18N4O. The van der Waals surface area contributed by atoms with Gasteiger partial charge in [0, 0.05) is 49.3 Å². The molecule has 20 heavy (non-hydrogen) atoms. The molecule has 0 unspecified atom stereocenters. The number of carbonyl (C=O) groups excluding carboxylic acids is 1. The van der Waals surface area contributed by atoms with Gasteiger partial charge in [-0.15, -0.1) is 0 Å². The molecule has 1 amide bonds. The van der Waals surface area contributed by atoms with Gasteiger partial charge in [0.25, 0.3) is 5.91 Å². The van der Waals surface area contributed by atoms with E-state index in [0.717, 1.165) is 30.9 Å². The quantitative estimate of drug-likeness (QED) is 0.895. The van der Waals surface area contributed by atoms with Gasteiger partial charge in [-0.1, -0.05) is 0 Å². The van der Waals surface area contributed by atoms with Crippen molar-refractivity contribution in [2.45, 2.75) is 13.0 Å². The number of aromatic nitrogens is 2. The molecule has 0 aliphatic carbocycles.